The highest BCUT2D eigenvalue weighted by Gasteiger charge is 2.71. The Morgan fingerprint density at radius 3 is 2.22 bits per heavy atom. The number of nitro benzene ring substituents is 1. The molecule has 1 saturated carbocycles. The Bertz CT molecular complexity index is 2450. The summed E-state index contributed by atoms with van der Waals surface area (Å²) in [5.41, 5.74) is 1.08. The van der Waals surface area contributed by atoms with Crippen LogP contribution in [-0.4, -0.2) is 52.1 Å². The number of non-ortho nitro benzene ring substituents is 1. The van der Waals surface area contributed by atoms with Crippen LogP contribution in [0.25, 0.3) is 0 Å². The Morgan fingerprint density at radius 2 is 1.59 bits per heavy atom. The van der Waals surface area contributed by atoms with E-state index in [-0.39, 0.29) is 51.1 Å². The molecule has 0 bridgehead atoms. The number of halogens is 5. The SMILES string of the molecule is COc1ccc([C@@]23C(=O)N(Nc4ccc(Cl)cc4Cl)C(=O)[C@@H]2C[C@@H]2C(=CC[C@@H]4C(=O)N(c5ccc([N+](=O)[O-])cc5)C(=O)[C@@H]42)[C@@H]3c2cc(OC(F)(F)F)ccc2O)cc1. The Kier molecular flexibility index (Phi) is 9.39. The molecule has 4 aromatic rings. The molecule has 2 aliphatic carbocycles. The second kappa shape index (κ2) is 14.1. The molecule has 2 heterocycles. The molecule has 13 nitrogen and oxygen atoms in total. The largest absolute Gasteiger partial charge is 0.573 e. The zero-order valence-corrected chi connectivity index (χ0v) is 31.4. The predicted molar refractivity (Wildman–Crippen MR) is 201 cm³/mol. The quantitative estimate of drug-likeness (QED) is 0.0777. The monoisotopic (exact) mass is 836 g/mol. The minimum Gasteiger partial charge on any atom is -0.508 e. The number of hydrazine groups is 1. The van der Waals surface area contributed by atoms with Crippen molar-refractivity contribution in [2.24, 2.45) is 23.7 Å². The summed E-state index contributed by atoms with van der Waals surface area (Å²) in [5, 5.41) is 24.0. The van der Waals surface area contributed by atoms with E-state index in [1.807, 2.05) is 0 Å². The van der Waals surface area contributed by atoms with Gasteiger partial charge in [-0.3, -0.25) is 39.6 Å². The van der Waals surface area contributed by atoms with Crippen molar-refractivity contribution in [1.82, 2.24) is 5.01 Å². The normalized spacial score (nSPS) is 25.2. The summed E-state index contributed by atoms with van der Waals surface area (Å²) in [6.07, 6.45) is -3.76. The molecule has 0 unspecified atom stereocenters. The predicted octanol–water partition coefficient (Wildman–Crippen LogP) is 7.70. The minimum absolute atomic E-state index is 0.0493. The van der Waals surface area contributed by atoms with Crippen molar-refractivity contribution in [1.29, 1.82) is 0 Å². The number of carbonyl (C=O) groups is 4. The van der Waals surface area contributed by atoms with Gasteiger partial charge in [0.2, 0.25) is 11.8 Å². The number of methoxy groups -OCH3 is 1. The molecule has 18 heteroatoms. The molecule has 298 valence electrons. The maximum atomic E-state index is 15.4. The molecule has 8 rings (SSSR count). The molecule has 2 saturated heterocycles. The highest BCUT2D eigenvalue weighted by atomic mass is 35.5. The van der Waals surface area contributed by atoms with E-state index in [4.69, 9.17) is 27.9 Å². The molecule has 3 fully saturated rings. The van der Waals surface area contributed by atoms with E-state index in [9.17, 15) is 42.8 Å². The summed E-state index contributed by atoms with van der Waals surface area (Å²) < 4.78 is 50.6. The molecule has 2 N–H and O–H groups in total. The molecule has 0 radical (unpaired) electrons. The third-order valence-corrected chi connectivity index (χ3v) is 12.0. The molecule has 6 atom stereocenters. The first-order valence-corrected chi connectivity index (χ1v) is 18.5. The number of hydrogen-bond donors (Lipinski definition) is 2. The number of imide groups is 2. The number of phenols is 1. The fraction of sp³-hybridized carbons (Fsp3) is 0.250. The van der Waals surface area contributed by atoms with Crippen molar-refractivity contribution in [3.63, 3.8) is 0 Å². The number of fused-ring (bicyclic) bond motifs is 4. The van der Waals surface area contributed by atoms with E-state index in [2.05, 4.69) is 10.2 Å². The number of hydrogen-bond acceptors (Lipinski definition) is 10. The number of phenolic OH excluding ortho intramolecular Hbond substituents is 1. The maximum Gasteiger partial charge on any atom is 0.573 e. The lowest BCUT2D eigenvalue weighted by molar-refractivity contribution is -0.384. The zero-order chi connectivity index (χ0) is 41.4. The van der Waals surface area contributed by atoms with Crippen LogP contribution in [0.15, 0.2) is 96.6 Å². The van der Waals surface area contributed by atoms with Crippen molar-refractivity contribution in [2.45, 2.75) is 30.5 Å². The number of allylic oxidation sites excluding steroid dienone is 2. The van der Waals surface area contributed by atoms with Crippen LogP contribution < -0.4 is 19.8 Å². The molecule has 2 aliphatic heterocycles. The summed E-state index contributed by atoms with van der Waals surface area (Å²) in [7, 11) is 1.42. The summed E-state index contributed by atoms with van der Waals surface area (Å²) in [4.78, 5) is 70.5. The van der Waals surface area contributed by atoms with Gasteiger partial charge in [-0.25, -0.2) is 0 Å². The lowest BCUT2D eigenvalue weighted by Gasteiger charge is -2.50. The lowest BCUT2D eigenvalue weighted by atomic mass is 9.49. The second-order valence-electron chi connectivity index (χ2n) is 14.3. The minimum atomic E-state index is -5.15. The van der Waals surface area contributed by atoms with Crippen LogP contribution in [0.2, 0.25) is 10.0 Å². The van der Waals surface area contributed by atoms with Crippen LogP contribution in [0.5, 0.6) is 17.2 Å². The van der Waals surface area contributed by atoms with Gasteiger partial charge in [-0.1, -0.05) is 47.0 Å². The van der Waals surface area contributed by atoms with Crippen LogP contribution in [-0.2, 0) is 24.6 Å². The number of benzene rings is 4. The Labute approximate surface area is 336 Å². The van der Waals surface area contributed by atoms with Crippen molar-refractivity contribution < 1.29 is 51.9 Å². The molecular weight excluding hydrogens is 808 g/mol. The first-order chi connectivity index (χ1) is 27.5. The summed E-state index contributed by atoms with van der Waals surface area (Å²) in [5.74, 6) is -9.65. The second-order valence-corrected chi connectivity index (χ2v) is 15.1. The van der Waals surface area contributed by atoms with Gasteiger partial charge in [-0.2, -0.15) is 5.01 Å². The number of amides is 4. The third kappa shape index (κ3) is 6.09. The van der Waals surface area contributed by atoms with E-state index in [1.54, 1.807) is 30.3 Å². The number of alkyl halides is 3. The van der Waals surface area contributed by atoms with Gasteiger partial charge < -0.3 is 14.6 Å². The fourth-order valence-electron chi connectivity index (χ4n) is 9.13. The van der Waals surface area contributed by atoms with Crippen LogP contribution >= 0.6 is 23.2 Å². The van der Waals surface area contributed by atoms with Crippen LogP contribution in [0.4, 0.5) is 30.2 Å². The van der Waals surface area contributed by atoms with Crippen molar-refractivity contribution in [3.8, 4) is 17.2 Å². The lowest BCUT2D eigenvalue weighted by Crippen LogP contribution is -2.53. The van der Waals surface area contributed by atoms with Gasteiger partial charge in [0.1, 0.15) is 17.2 Å². The number of nitrogens with one attached hydrogen (secondary N) is 1. The average Bonchev–Trinajstić information content (AvgIpc) is 3.56. The van der Waals surface area contributed by atoms with E-state index in [0.29, 0.717) is 11.3 Å². The van der Waals surface area contributed by atoms with Gasteiger partial charge >= 0.3 is 6.36 Å². The Balaban J connectivity index is 1.34. The van der Waals surface area contributed by atoms with E-state index in [0.717, 1.165) is 40.2 Å². The topological polar surface area (TPSA) is 169 Å². The van der Waals surface area contributed by atoms with Gasteiger partial charge in [0.05, 0.1) is 51.6 Å². The number of anilines is 2. The van der Waals surface area contributed by atoms with E-state index in [1.165, 1.54) is 37.4 Å². The average molecular weight is 838 g/mol. The number of carbonyl (C=O) groups excluding carboxylic acids is 4. The third-order valence-electron chi connectivity index (χ3n) is 11.4. The number of nitrogens with zero attached hydrogens (tertiary/aromatic N) is 3. The van der Waals surface area contributed by atoms with Gasteiger partial charge in [0, 0.05) is 28.6 Å². The Hall–Kier alpha value is -6.13. The number of rotatable bonds is 8. The molecular formula is C40H29Cl2F3N4O9. The number of ether oxygens (including phenoxy) is 2. The number of aromatic hydroxyl groups is 1. The molecule has 4 aliphatic rings. The van der Waals surface area contributed by atoms with Crippen molar-refractivity contribution in [2.75, 3.05) is 17.4 Å². The summed E-state index contributed by atoms with van der Waals surface area (Å²) in [6.45, 7) is 0. The highest BCUT2D eigenvalue weighted by molar-refractivity contribution is 6.36. The highest BCUT2D eigenvalue weighted by Crippen LogP contribution is 2.65. The van der Waals surface area contributed by atoms with Crippen molar-refractivity contribution in [3.05, 3.63) is 128 Å². The zero-order valence-electron chi connectivity index (χ0n) is 29.9. The first-order valence-electron chi connectivity index (χ1n) is 17.7. The van der Waals surface area contributed by atoms with Gasteiger partial charge in [-0.15, -0.1) is 13.2 Å². The van der Waals surface area contributed by atoms with E-state index < -0.39 is 81.4 Å². The molecule has 0 aromatic heterocycles. The molecule has 4 amide bonds. The maximum absolute atomic E-state index is 15.4. The first kappa shape index (κ1) is 38.7. The molecule has 0 spiro atoms. The fourth-order valence-corrected chi connectivity index (χ4v) is 9.58. The smallest absolute Gasteiger partial charge is 0.508 e. The van der Waals surface area contributed by atoms with Crippen LogP contribution in [0.1, 0.15) is 29.9 Å². The summed E-state index contributed by atoms with van der Waals surface area (Å²) >= 11 is 12.6. The van der Waals surface area contributed by atoms with Gasteiger partial charge in [-0.05, 0) is 85.0 Å². The number of nitro groups is 1. The summed E-state index contributed by atoms with van der Waals surface area (Å²) in [6, 6.07) is 18.1. The van der Waals surface area contributed by atoms with Gasteiger partial charge in [0.15, 0.2) is 0 Å². The van der Waals surface area contributed by atoms with Crippen molar-refractivity contribution >= 4 is 63.9 Å². The Morgan fingerprint density at radius 1 is 0.897 bits per heavy atom. The van der Waals surface area contributed by atoms with Crippen LogP contribution in [0, 0.1) is 33.8 Å². The standard InChI is InChI=1S/C40H29Cl2F3N4O9/c1-57-23-9-2-19(3-10-23)39-29(36(52)48(38(39)54)46-31-14-4-20(41)16-30(31)42)18-27-25(34(39)28-17-24(11-15-32(28)50)58-40(43,44)45)12-13-26-33(27)37(53)47(35(26)51)21-5-7-22(8-6-21)49(55)56/h2-12,14-17,26-27,29,33-34,46,50H,13,18H2,1H3/t26-,27+,29-,33-,34+,39+/m0/s1. The van der Waals surface area contributed by atoms with E-state index >= 15 is 4.79 Å². The molecule has 4 aromatic carbocycles. The van der Waals surface area contributed by atoms with Crippen LogP contribution in [0.3, 0.4) is 0 Å². The molecule has 58 heavy (non-hydrogen) atoms. The van der Waals surface area contributed by atoms with Gasteiger partial charge in [0.25, 0.3) is 17.5 Å².